The second-order valence-electron chi connectivity index (χ2n) is 8.19. The summed E-state index contributed by atoms with van der Waals surface area (Å²) in [5, 5.41) is 2.86. The molecule has 3 aromatic rings. The van der Waals surface area contributed by atoms with Gasteiger partial charge in [0.05, 0.1) is 11.9 Å². The van der Waals surface area contributed by atoms with Crippen LogP contribution in [-0.4, -0.2) is 34.8 Å². The number of amides is 2. The molecule has 1 aliphatic heterocycles. The van der Waals surface area contributed by atoms with Crippen LogP contribution in [0.5, 0.6) is 11.6 Å². The first-order chi connectivity index (χ1) is 15.5. The Morgan fingerprint density at radius 3 is 2.19 bits per heavy atom. The summed E-state index contributed by atoms with van der Waals surface area (Å²) in [5.74, 6) is 0.892. The molecule has 0 atom stereocenters. The lowest BCUT2D eigenvalue weighted by Gasteiger charge is -2.26. The standard InChI is InChI=1S/C26H27N3O3/c1-18-14-19(2)16-21(15-18)25(30)28-22-8-11-24(27-17-22)32-23-9-6-20(7-10-23)26(31)29-12-4-3-5-13-29/h6-11,14-17H,3-5,12-13H2,1-2H3,(H,28,30). The molecule has 0 saturated carbocycles. The number of nitrogens with zero attached hydrogens (tertiary/aromatic N) is 2. The van der Waals surface area contributed by atoms with E-state index in [1.807, 2.05) is 36.9 Å². The van der Waals surface area contributed by atoms with Gasteiger partial charge in [-0.2, -0.15) is 0 Å². The Kier molecular flexibility index (Phi) is 6.50. The summed E-state index contributed by atoms with van der Waals surface area (Å²) in [6.07, 6.45) is 4.89. The largest absolute Gasteiger partial charge is 0.439 e. The Morgan fingerprint density at radius 1 is 0.875 bits per heavy atom. The monoisotopic (exact) mass is 429 g/mol. The molecule has 2 aromatic carbocycles. The average molecular weight is 430 g/mol. The predicted molar refractivity (Wildman–Crippen MR) is 124 cm³/mol. The van der Waals surface area contributed by atoms with E-state index >= 15 is 0 Å². The Labute approximate surface area is 188 Å². The van der Waals surface area contributed by atoms with Crippen LogP contribution in [0, 0.1) is 13.8 Å². The Bertz CT molecular complexity index is 1080. The number of ether oxygens (including phenoxy) is 1. The van der Waals surface area contributed by atoms with Gasteiger partial charge < -0.3 is 15.0 Å². The van der Waals surface area contributed by atoms with E-state index in [-0.39, 0.29) is 11.8 Å². The highest BCUT2D eigenvalue weighted by Crippen LogP contribution is 2.22. The number of rotatable bonds is 5. The lowest BCUT2D eigenvalue weighted by Crippen LogP contribution is -2.35. The van der Waals surface area contributed by atoms with E-state index in [4.69, 9.17) is 4.74 Å². The first-order valence-corrected chi connectivity index (χ1v) is 10.9. The van der Waals surface area contributed by atoms with Gasteiger partial charge in [-0.3, -0.25) is 9.59 Å². The molecule has 1 N–H and O–H groups in total. The van der Waals surface area contributed by atoms with Crippen molar-refractivity contribution >= 4 is 17.5 Å². The summed E-state index contributed by atoms with van der Waals surface area (Å²) < 4.78 is 5.79. The van der Waals surface area contributed by atoms with Gasteiger partial charge in [-0.15, -0.1) is 0 Å². The van der Waals surface area contributed by atoms with Gasteiger partial charge in [-0.25, -0.2) is 4.98 Å². The van der Waals surface area contributed by atoms with Gasteiger partial charge in [0.2, 0.25) is 5.88 Å². The lowest BCUT2D eigenvalue weighted by atomic mass is 10.1. The number of piperidine rings is 1. The molecule has 1 fully saturated rings. The van der Waals surface area contributed by atoms with E-state index in [2.05, 4.69) is 10.3 Å². The summed E-state index contributed by atoms with van der Waals surface area (Å²) in [6, 6.07) is 16.3. The molecule has 2 heterocycles. The van der Waals surface area contributed by atoms with Crippen LogP contribution < -0.4 is 10.1 Å². The number of carbonyl (C=O) groups excluding carboxylic acids is 2. The van der Waals surface area contributed by atoms with Crippen molar-refractivity contribution < 1.29 is 14.3 Å². The zero-order valence-corrected chi connectivity index (χ0v) is 18.4. The minimum atomic E-state index is -0.179. The second kappa shape index (κ2) is 9.64. The third kappa shape index (κ3) is 5.32. The highest BCUT2D eigenvalue weighted by Gasteiger charge is 2.18. The molecule has 164 valence electrons. The fourth-order valence-corrected chi connectivity index (χ4v) is 3.89. The molecule has 0 spiro atoms. The highest BCUT2D eigenvalue weighted by molar-refractivity contribution is 6.04. The zero-order valence-electron chi connectivity index (χ0n) is 18.4. The predicted octanol–water partition coefficient (Wildman–Crippen LogP) is 5.37. The first kappa shape index (κ1) is 21.6. The molecule has 6 heteroatoms. The van der Waals surface area contributed by atoms with Crippen LogP contribution in [0.4, 0.5) is 5.69 Å². The summed E-state index contributed by atoms with van der Waals surface area (Å²) in [7, 11) is 0. The van der Waals surface area contributed by atoms with Crippen molar-refractivity contribution in [1.82, 2.24) is 9.88 Å². The van der Waals surface area contributed by atoms with Gasteiger partial charge in [0.1, 0.15) is 5.75 Å². The number of likely N-dealkylation sites (tertiary alicyclic amines) is 1. The average Bonchev–Trinajstić information content (AvgIpc) is 2.80. The molecular weight excluding hydrogens is 402 g/mol. The molecule has 4 rings (SSSR count). The quantitative estimate of drug-likeness (QED) is 0.592. The summed E-state index contributed by atoms with van der Waals surface area (Å²) >= 11 is 0. The van der Waals surface area contributed by atoms with E-state index in [0.29, 0.717) is 28.4 Å². The highest BCUT2D eigenvalue weighted by atomic mass is 16.5. The number of benzene rings is 2. The molecule has 1 saturated heterocycles. The van der Waals surface area contributed by atoms with Crippen LogP contribution >= 0.6 is 0 Å². The number of anilines is 1. The van der Waals surface area contributed by atoms with Crippen molar-refractivity contribution in [3.63, 3.8) is 0 Å². The number of aryl methyl sites for hydroxylation is 2. The first-order valence-electron chi connectivity index (χ1n) is 10.9. The Hall–Kier alpha value is -3.67. The van der Waals surface area contributed by atoms with Crippen LogP contribution in [0.3, 0.4) is 0 Å². The van der Waals surface area contributed by atoms with Crippen LogP contribution in [0.25, 0.3) is 0 Å². The van der Waals surface area contributed by atoms with Crippen molar-refractivity contribution in [1.29, 1.82) is 0 Å². The molecule has 1 aromatic heterocycles. The molecule has 0 bridgehead atoms. The fourth-order valence-electron chi connectivity index (χ4n) is 3.89. The van der Waals surface area contributed by atoms with Crippen molar-refractivity contribution in [2.75, 3.05) is 18.4 Å². The maximum absolute atomic E-state index is 12.6. The van der Waals surface area contributed by atoms with E-state index in [1.165, 1.54) is 6.42 Å². The number of aromatic nitrogens is 1. The minimum absolute atomic E-state index is 0.0678. The van der Waals surface area contributed by atoms with Crippen molar-refractivity contribution in [3.05, 3.63) is 83.0 Å². The molecule has 32 heavy (non-hydrogen) atoms. The molecule has 0 unspecified atom stereocenters. The van der Waals surface area contributed by atoms with Crippen molar-refractivity contribution in [2.45, 2.75) is 33.1 Å². The van der Waals surface area contributed by atoms with E-state index in [1.54, 1.807) is 42.6 Å². The molecule has 2 amide bonds. The number of hydrogen-bond acceptors (Lipinski definition) is 4. The van der Waals surface area contributed by atoms with Crippen LogP contribution in [0.2, 0.25) is 0 Å². The van der Waals surface area contributed by atoms with Gasteiger partial charge in [-0.05, 0) is 75.6 Å². The molecule has 1 aliphatic rings. The molecular formula is C26H27N3O3. The summed E-state index contributed by atoms with van der Waals surface area (Å²) in [5.41, 5.74) is 3.95. The van der Waals surface area contributed by atoms with Gasteiger partial charge >= 0.3 is 0 Å². The smallest absolute Gasteiger partial charge is 0.255 e. The van der Waals surface area contributed by atoms with Gasteiger partial charge in [0.25, 0.3) is 11.8 Å². The lowest BCUT2D eigenvalue weighted by molar-refractivity contribution is 0.0724. The Balaban J connectivity index is 1.36. The number of pyridine rings is 1. The second-order valence-corrected chi connectivity index (χ2v) is 8.19. The maximum Gasteiger partial charge on any atom is 0.255 e. The van der Waals surface area contributed by atoms with Crippen molar-refractivity contribution in [2.24, 2.45) is 0 Å². The van der Waals surface area contributed by atoms with E-state index in [0.717, 1.165) is 37.1 Å². The fraction of sp³-hybridized carbons (Fsp3) is 0.269. The molecule has 0 radical (unpaired) electrons. The van der Waals surface area contributed by atoms with E-state index < -0.39 is 0 Å². The van der Waals surface area contributed by atoms with Gasteiger partial charge in [-0.1, -0.05) is 17.2 Å². The minimum Gasteiger partial charge on any atom is -0.439 e. The molecule has 0 aliphatic carbocycles. The normalized spacial score (nSPS) is 13.5. The third-order valence-corrected chi connectivity index (χ3v) is 5.45. The third-order valence-electron chi connectivity index (χ3n) is 5.45. The molecule has 6 nitrogen and oxygen atoms in total. The van der Waals surface area contributed by atoms with Gasteiger partial charge in [0.15, 0.2) is 0 Å². The number of hydrogen-bond donors (Lipinski definition) is 1. The topological polar surface area (TPSA) is 71.5 Å². The van der Waals surface area contributed by atoms with Crippen LogP contribution in [-0.2, 0) is 0 Å². The zero-order chi connectivity index (χ0) is 22.5. The van der Waals surface area contributed by atoms with Crippen LogP contribution in [0.15, 0.2) is 60.8 Å². The Morgan fingerprint density at radius 2 is 1.56 bits per heavy atom. The number of carbonyl (C=O) groups is 2. The summed E-state index contributed by atoms with van der Waals surface area (Å²) in [6.45, 7) is 5.59. The van der Waals surface area contributed by atoms with Crippen molar-refractivity contribution in [3.8, 4) is 11.6 Å². The van der Waals surface area contributed by atoms with Gasteiger partial charge in [0, 0.05) is 30.3 Å². The summed E-state index contributed by atoms with van der Waals surface area (Å²) in [4.78, 5) is 31.3. The number of nitrogens with one attached hydrogen (secondary N) is 1. The SMILES string of the molecule is Cc1cc(C)cc(C(=O)Nc2ccc(Oc3ccc(C(=O)N4CCCCC4)cc3)nc2)c1. The van der Waals surface area contributed by atoms with E-state index in [9.17, 15) is 9.59 Å². The van der Waals surface area contributed by atoms with Crippen LogP contribution in [0.1, 0.15) is 51.1 Å². The maximum atomic E-state index is 12.6.